The molecular formula is C28H26N4O7S2. The number of aromatic amines is 1. The van der Waals surface area contributed by atoms with Gasteiger partial charge >= 0.3 is 5.97 Å². The zero-order valence-corrected chi connectivity index (χ0v) is 24.5. The van der Waals surface area contributed by atoms with E-state index < -0.39 is 12.0 Å². The van der Waals surface area contributed by atoms with E-state index in [0.717, 1.165) is 11.8 Å². The van der Waals surface area contributed by atoms with Crippen LogP contribution in [0.15, 0.2) is 76.9 Å². The summed E-state index contributed by atoms with van der Waals surface area (Å²) in [6.45, 7) is 5.33. The molecule has 11 nitrogen and oxygen atoms in total. The molecule has 0 aliphatic carbocycles. The van der Waals surface area contributed by atoms with Crippen LogP contribution in [-0.4, -0.2) is 41.3 Å². The number of esters is 1. The first kappa shape index (κ1) is 28.2. The number of nitrogens with one attached hydrogen (secondary N) is 1. The average Bonchev–Trinajstić information content (AvgIpc) is 3.50. The summed E-state index contributed by atoms with van der Waals surface area (Å²) >= 11 is 2.33. The molecule has 1 aromatic carbocycles. The fourth-order valence-corrected chi connectivity index (χ4v) is 6.25. The van der Waals surface area contributed by atoms with Crippen LogP contribution in [0.2, 0.25) is 0 Å². The number of fused-ring (bicyclic) bond motifs is 1. The van der Waals surface area contributed by atoms with E-state index in [0.29, 0.717) is 53.8 Å². The zero-order valence-electron chi connectivity index (χ0n) is 22.8. The van der Waals surface area contributed by atoms with Crippen LogP contribution in [0, 0.1) is 6.92 Å². The third-order valence-corrected chi connectivity index (χ3v) is 7.96. The van der Waals surface area contributed by atoms with Gasteiger partial charge in [-0.05, 0) is 56.8 Å². The largest absolute Gasteiger partial charge is 0.497 e. The number of aryl methyl sites for hydroxylation is 1. The molecule has 0 fully saturated rings. The Morgan fingerprint density at radius 1 is 1.17 bits per heavy atom. The quantitative estimate of drug-likeness (QED) is 0.241. The molecule has 5 rings (SSSR count). The molecule has 13 heteroatoms. The number of methoxy groups -OCH3 is 2. The minimum atomic E-state index is -0.847. The monoisotopic (exact) mass is 594 g/mol. The number of furan rings is 1. The zero-order chi connectivity index (χ0) is 29.3. The lowest BCUT2D eigenvalue weighted by molar-refractivity contribution is -0.139. The summed E-state index contributed by atoms with van der Waals surface area (Å²) in [5.74, 6) is 0.859. The number of allylic oxidation sites excluding steroid dienone is 1. The topological polar surface area (TPSA) is 138 Å². The SMILES string of the molecule is CCOC(=O)C1=C(C)N=c2s/c(=C/c3ccc(Sc4nc(C)cc(=O)[nH]4)o3)c(=O)n2C1c1ccc(OC)cc1OC. The predicted octanol–water partition coefficient (Wildman–Crippen LogP) is 2.95. The first-order chi connectivity index (χ1) is 19.7. The Bertz CT molecular complexity index is 1920. The van der Waals surface area contributed by atoms with Crippen molar-refractivity contribution < 1.29 is 23.4 Å². The molecule has 3 aromatic heterocycles. The van der Waals surface area contributed by atoms with Crippen LogP contribution < -0.4 is 29.9 Å². The number of benzene rings is 1. The minimum absolute atomic E-state index is 0.164. The first-order valence-electron chi connectivity index (χ1n) is 12.5. The van der Waals surface area contributed by atoms with E-state index >= 15 is 0 Å². The van der Waals surface area contributed by atoms with Crippen molar-refractivity contribution in [3.05, 3.63) is 94.7 Å². The van der Waals surface area contributed by atoms with Gasteiger partial charge < -0.3 is 23.6 Å². The molecule has 0 saturated carbocycles. The van der Waals surface area contributed by atoms with Crippen LogP contribution in [-0.2, 0) is 9.53 Å². The molecule has 4 heterocycles. The second kappa shape index (κ2) is 11.6. The molecular weight excluding hydrogens is 568 g/mol. The van der Waals surface area contributed by atoms with E-state index in [-0.39, 0.29) is 23.3 Å². The van der Waals surface area contributed by atoms with Crippen LogP contribution in [0.1, 0.15) is 36.9 Å². The molecule has 0 bridgehead atoms. The van der Waals surface area contributed by atoms with Gasteiger partial charge in [0.05, 0.1) is 36.6 Å². The number of rotatable bonds is 8. The number of aromatic nitrogens is 3. The van der Waals surface area contributed by atoms with Gasteiger partial charge in [-0.1, -0.05) is 11.3 Å². The van der Waals surface area contributed by atoms with Crippen molar-refractivity contribution in [2.24, 2.45) is 4.99 Å². The van der Waals surface area contributed by atoms with Crippen molar-refractivity contribution in [2.45, 2.75) is 37.1 Å². The molecule has 1 unspecified atom stereocenters. The number of hydrogen-bond donors (Lipinski definition) is 1. The number of thiazole rings is 1. The maximum atomic E-state index is 13.9. The van der Waals surface area contributed by atoms with Gasteiger partial charge in [-0.3, -0.25) is 14.2 Å². The smallest absolute Gasteiger partial charge is 0.338 e. The van der Waals surface area contributed by atoms with E-state index in [1.165, 1.54) is 29.1 Å². The summed E-state index contributed by atoms with van der Waals surface area (Å²) in [4.78, 5) is 50.8. The standard InChI is InChI=1S/C28H26N4O7S2/c1-6-38-26(35)23-15(3)30-28-32(24(23)18-9-7-16(36-4)12-19(18)37-5)25(34)20(40-28)13-17-8-10-22(39-17)41-27-29-14(2)11-21(33)31-27/h7-13,24H,6H2,1-5H3,(H,29,31,33)/b20-13+. The first-order valence-corrected chi connectivity index (χ1v) is 14.1. The van der Waals surface area contributed by atoms with Crippen molar-refractivity contribution in [2.75, 3.05) is 20.8 Å². The summed E-state index contributed by atoms with van der Waals surface area (Å²) < 4.78 is 24.1. The predicted molar refractivity (Wildman–Crippen MR) is 152 cm³/mol. The Hall–Kier alpha value is -4.36. The van der Waals surface area contributed by atoms with Crippen molar-refractivity contribution in [3.63, 3.8) is 0 Å². The molecule has 0 radical (unpaired) electrons. The van der Waals surface area contributed by atoms with Crippen molar-refractivity contribution >= 4 is 35.1 Å². The molecule has 4 aromatic rings. The summed E-state index contributed by atoms with van der Waals surface area (Å²) in [6.07, 6.45) is 1.62. The molecule has 41 heavy (non-hydrogen) atoms. The fourth-order valence-electron chi connectivity index (χ4n) is 4.42. The summed E-state index contributed by atoms with van der Waals surface area (Å²) in [5, 5.41) is 0.879. The lowest BCUT2D eigenvalue weighted by Gasteiger charge is -2.26. The van der Waals surface area contributed by atoms with Crippen LogP contribution in [0.5, 0.6) is 11.5 Å². The lowest BCUT2D eigenvalue weighted by atomic mass is 9.95. The highest BCUT2D eigenvalue weighted by Crippen LogP contribution is 2.37. The molecule has 0 spiro atoms. The number of nitrogens with zero attached hydrogens (tertiary/aromatic N) is 3. The van der Waals surface area contributed by atoms with Gasteiger partial charge in [0.2, 0.25) is 0 Å². The lowest BCUT2D eigenvalue weighted by Crippen LogP contribution is -2.40. The highest BCUT2D eigenvalue weighted by atomic mass is 32.2. The fraction of sp³-hybridized carbons (Fsp3) is 0.250. The number of hydrogen-bond acceptors (Lipinski definition) is 11. The number of carbonyl (C=O) groups excluding carboxylic acids is 1. The Labute approximate surface area is 241 Å². The Kier molecular flexibility index (Phi) is 7.99. The van der Waals surface area contributed by atoms with E-state index in [9.17, 15) is 14.4 Å². The Morgan fingerprint density at radius 2 is 1.98 bits per heavy atom. The van der Waals surface area contributed by atoms with Crippen LogP contribution in [0.3, 0.4) is 0 Å². The maximum Gasteiger partial charge on any atom is 0.338 e. The molecule has 0 saturated heterocycles. The molecule has 0 amide bonds. The summed E-state index contributed by atoms with van der Waals surface area (Å²) in [7, 11) is 3.05. The van der Waals surface area contributed by atoms with E-state index in [1.807, 2.05) is 0 Å². The third kappa shape index (κ3) is 5.63. The van der Waals surface area contributed by atoms with Crippen molar-refractivity contribution in [1.82, 2.24) is 14.5 Å². The maximum absolute atomic E-state index is 13.9. The van der Waals surface area contributed by atoms with E-state index in [1.54, 1.807) is 64.3 Å². The third-order valence-electron chi connectivity index (χ3n) is 6.17. The van der Waals surface area contributed by atoms with Gasteiger partial charge in [-0.15, -0.1) is 0 Å². The molecule has 1 N–H and O–H groups in total. The second-order valence-corrected chi connectivity index (χ2v) is 10.9. The Balaban J connectivity index is 1.61. The highest BCUT2D eigenvalue weighted by molar-refractivity contribution is 7.99. The van der Waals surface area contributed by atoms with Gasteiger partial charge in [-0.2, -0.15) is 0 Å². The molecule has 212 valence electrons. The number of ether oxygens (including phenoxy) is 3. The normalized spacial score (nSPS) is 15.0. The van der Waals surface area contributed by atoms with Crippen LogP contribution in [0.25, 0.3) is 6.08 Å². The summed E-state index contributed by atoms with van der Waals surface area (Å²) in [6, 6.07) is 9.20. The van der Waals surface area contributed by atoms with Gasteiger partial charge in [0.1, 0.15) is 23.3 Å². The molecule has 1 atom stereocenters. The van der Waals surface area contributed by atoms with Gasteiger partial charge in [0, 0.05) is 29.5 Å². The number of H-pyrrole nitrogens is 1. The molecule has 1 aliphatic heterocycles. The Morgan fingerprint density at radius 3 is 2.68 bits per heavy atom. The van der Waals surface area contributed by atoms with E-state index in [4.69, 9.17) is 18.6 Å². The van der Waals surface area contributed by atoms with Crippen molar-refractivity contribution in [1.29, 1.82) is 0 Å². The van der Waals surface area contributed by atoms with Crippen LogP contribution >= 0.6 is 23.1 Å². The molecule has 1 aliphatic rings. The second-order valence-electron chi connectivity index (χ2n) is 8.86. The van der Waals surface area contributed by atoms with Gasteiger partial charge in [0.15, 0.2) is 15.1 Å². The highest BCUT2D eigenvalue weighted by Gasteiger charge is 2.35. The van der Waals surface area contributed by atoms with E-state index in [2.05, 4.69) is 15.0 Å². The van der Waals surface area contributed by atoms with Gasteiger partial charge in [0.25, 0.3) is 11.1 Å². The average molecular weight is 595 g/mol. The number of carbonyl (C=O) groups is 1. The van der Waals surface area contributed by atoms with Gasteiger partial charge in [-0.25, -0.2) is 14.8 Å². The van der Waals surface area contributed by atoms with Crippen LogP contribution in [0.4, 0.5) is 0 Å². The summed E-state index contributed by atoms with van der Waals surface area (Å²) in [5.41, 5.74) is 1.23. The minimum Gasteiger partial charge on any atom is -0.497 e. The van der Waals surface area contributed by atoms with Crippen molar-refractivity contribution in [3.8, 4) is 11.5 Å².